The number of ether oxygens (including phenoxy) is 1. The van der Waals surface area contributed by atoms with Crippen molar-refractivity contribution in [3.63, 3.8) is 0 Å². The maximum absolute atomic E-state index is 12.1. The maximum atomic E-state index is 12.1. The van der Waals surface area contributed by atoms with Crippen LogP contribution in [-0.4, -0.2) is 35.5 Å². The molecule has 2 N–H and O–H groups in total. The van der Waals surface area contributed by atoms with Gasteiger partial charge in [0.15, 0.2) is 0 Å². The first kappa shape index (κ1) is 18.4. The fraction of sp³-hybridized carbons (Fsp3) is 0.333. The summed E-state index contributed by atoms with van der Waals surface area (Å²) in [4.78, 5) is 32.0. The van der Waals surface area contributed by atoms with Crippen molar-refractivity contribution >= 4 is 23.5 Å². The van der Waals surface area contributed by atoms with Gasteiger partial charge in [0.05, 0.1) is 12.7 Å². The Morgan fingerprint density at radius 1 is 1.24 bits per heavy atom. The molecule has 0 aliphatic rings. The summed E-state index contributed by atoms with van der Waals surface area (Å²) < 4.78 is 4.70. The molecule has 0 atom stereocenters. The lowest BCUT2D eigenvalue weighted by atomic mass is 10.1. The van der Waals surface area contributed by atoms with E-state index in [0.29, 0.717) is 23.7 Å². The number of nitrogens with one attached hydrogen (secondary N) is 2. The standard InChI is InChI=1S/C18H22N4O3/c1-12(2)7-9-19-16(23)15-8-10-20-18(22-15)21-14-6-4-5-13(11-14)17(24)25-3/h4-6,8,10-12H,7,9H2,1-3H3,(H,19,23)(H,20,21,22). The van der Waals surface area contributed by atoms with Crippen molar-refractivity contribution in [2.75, 3.05) is 19.0 Å². The highest BCUT2D eigenvalue weighted by Gasteiger charge is 2.10. The van der Waals surface area contributed by atoms with E-state index in [9.17, 15) is 9.59 Å². The van der Waals surface area contributed by atoms with Gasteiger partial charge >= 0.3 is 5.97 Å². The zero-order valence-corrected chi connectivity index (χ0v) is 14.6. The van der Waals surface area contributed by atoms with Crippen LogP contribution in [0.1, 0.15) is 41.1 Å². The van der Waals surface area contributed by atoms with Crippen LogP contribution >= 0.6 is 0 Å². The number of aromatic nitrogens is 2. The van der Waals surface area contributed by atoms with E-state index in [4.69, 9.17) is 4.74 Å². The van der Waals surface area contributed by atoms with Crippen molar-refractivity contribution in [1.29, 1.82) is 0 Å². The van der Waals surface area contributed by atoms with Crippen LogP contribution in [0.15, 0.2) is 36.5 Å². The minimum absolute atomic E-state index is 0.241. The lowest BCUT2D eigenvalue weighted by Gasteiger charge is -2.09. The topological polar surface area (TPSA) is 93.2 Å². The van der Waals surface area contributed by atoms with Gasteiger partial charge in [-0.2, -0.15) is 0 Å². The molecular formula is C18H22N4O3. The molecule has 0 spiro atoms. The molecule has 1 amide bonds. The Bertz CT molecular complexity index is 747. The van der Waals surface area contributed by atoms with Crippen molar-refractivity contribution in [1.82, 2.24) is 15.3 Å². The van der Waals surface area contributed by atoms with E-state index in [2.05, 4.69) is 34.4 Å². The summed E-state index contributed by atoms with van der Waals surface area (Å²) >= 11 is 0. The molecule has 2 aromatic rings. The van der Waals surface area contributed by atoms with Crippen molar-refractivity contribution < 1.29 is 14.3 Å². The third-order valence-electron chi connectivity index (χ3n) is 3.44. The minimum Gasteiger partial charge on any atom is -0.465 e. The number of benzene rings is 1. The van der Waals surface area contributed by atoms with Crippen LogP contribution < -0.4 is 10.6 Å². The number of nitrogens with zero attached hydrogens (tertiary/aromatic N) is 2. The molecule has 1 aromatic carbocycles. The van der Waals surface area contributed by atoms with Gasteiger partial charge in [0.1, 0.15) is 5.69 Å². The molecule has 1 heterocycles. The molecule has 25 heavy (non-hydrogen) atoms. The van der Waals surface area contributed by atoms with E-state index >= 15 is 0 Å². The number of carbonyl (C=O) groups excluding carboxylic acids is 2. The summed E-state index contributed by atoms with van der Waals surface area (Å²) in [5, 5.41) is 5.82. The van der Waals surface area contributed by atoms with Gasteiger partial charge in [0.2, 0.25) is 5.95 Å². The van der Waals surface area contributed by atoms with Crippen LogP contribution in [0.25, 0.3) is 0 Å². The first-order valence-corrected chi connectivity index (χ1v) is 8.06. The Hall–Kier alpha value is -2.96. The van der Waals surface area contributed by atoms with E-state index in [1.165, 1.54) is 13.3 Å². The number of esters is 1. The number of hydrogen-bond donors (Lipinski definition) is 2. The highest BCUT2D eigenvalue weighted by molar-refractivity contribution is 5.92. The van der Waals surface area contributed by atoms with Crippen LogP contribution in [0, 0.1) is 5.92 Å². The number of hydrogen-bond acceptors (Lipinski definition) is 6. The average Bonchev–Trinajstić information content (AvgIpc) is 2.61. The Morgan fingerprint density at radius 3 is 2.76 bits per heavy atom. The molecule has 0 bridgehead atoms. The van der Waals surface area contributed by atoms with E-state index in [1.54, 1.807) is 30.3 Å². The molecule has 132 valence electrons. The Kier molecular flexibility index (Phi) is 6.45. The zero-order valence-electron chi connectivity index (χ0n) is 14.6. The highest BCUT2D eigenvalue weighted by atomic mass is 16.5. The van der Waals surface area contributed by atoms with Gasteiger partial charge < -0.3 is 15.4 Å². The quantitative estimate of drug-likeness (QED) is 0.752. The normalized spacial score (nSPS) is 10.4. The molecule has 0 aliphatic heterocycles. The first-order chi connectivity index (χ1) is 12.0. The predicted molar refractivity (Wildman–Crippen MR) is 94.9 cm³/mol. The molecule has 7 nitrogen and oxygen atoms in total. The predicted octanol–water partition coefficient (Wildman–Crippen LogP) is 2.78. The maximum Gasteiger partial charge on any atom is 0.337 e. The van der Waals surface area contributed by atoms with E-state index in [-0.39, 0.29) is 17.5 Å². The fourth-order valence-corrected chi connectivity index (χ4v) is 2.08. The van der Waals surface area contributed by atoms with Crippen LogP contribution in [-0.2, 0) is 4.74 Å². The molecular weight excluding hydrogens is 320 g/mol. The monoisotopic (exact) mass is 342 g/mol. The number of methoxy groups -OCH3 is 1. The Balaban J connectivity index is 2.06. The van der Waals surface area contributed by atoms with Gasteiger partial charge in [-0.05, 0) is 36.6 Å². The third kappa shape index (κ3) is 5.56. The van der Waals surface area contributed by atoms with Gasteiger partial charge in [-0.25, -0.2) is 14.8 Å². The third-order valence-corrected chi connectivity index (χ3v) is 3.44. The van der Waals surface area contributed by atoms with Crippen LogP contribution in [0.4, 0.5) is 11.6 Å². The summed E-state index contributed by atoms with van der Waals surface area (Å²) in [7, 11) is 1.33. The number of amides is 1. The van der Waals surface area contributed by atoms with Gasteiger partial charge in [-0.15, -0.1) is 0 Å². The molecule has 0 radical (unpaired) electrons. The van der Waals surface area contributed by atoms with E-state index in [1.807, 2.05) is 0 Å². The first-order valence-electron chi connectivity index (χ1n) is 8.06. The highest BCUT2D eigenvalue weighted by Crippen LogP contribution is 2.15. The van der Waals surface area contributed by atoms with Gasteiger partial charge in [-0.1, -0.05) is 19.9 Å². The number of rotatable bonds is 7. The summed E-state index contributed by atoms with van der Waals surface area (Å²) in [5.74, 6) is 0.126. The fourth-order valence-electron chi connectivity index (χ4n) is 2.08. The van der Waals surface area contributed by atoms with Crippen LogP contribution in [0.2, 0.25) is 0 Å². The average molecular weight is 342 g/mol. The molecule has 0 saturated heterocycles. The molecule has 2 rings (SSSR count). The summed E-state index contributed by atoms with van der Waals surface area (Å²) in [6.45, 7) is 4.80. The lowest BCUT2D eigenvalue weighted by molar-refractivity contribution is 0.0600. The second-order valence-electron chi connectivity index (χ2n) is 5.90. The van der Waals surface area contributed by atoms with E-state index < -0.39 is 5.97 Å². The molecule has 0 fully saturated rings. The second-order valence-corrected chi connectivity index (χ2v) is 5.90. The van der Waals surface area contributed by atoms with Crippen LogP contribution in [0.3, 0.4) is 0 Å². The Labute approximate surface area is 146 Å². The van der Waals surface area contributed by atoms with Crippen molar-refractivity contribution in [3.05, 3.63) is 47.8 Å². The van der Waals surface area contributed by atoms with Crippen molar-refractivity contribution in [2.24, 2.45) is 5.92 Å². The van der Waals surface area contributed by atoms with Gasteiger partial charge in [0.25, 0.3) is 5.91 Å². The second kappa shape index (κ2) is 8.77. The molecule has 7 heteroatoms. The number of carbonyl (C=O) groups is 2. The van der Waals surface area contributed by atoms with E-state index in [0.717, 1.165) is 6.42 Å². The molecule has 0 saturated carbocycles. The summed E-state index contributed by atoms with van der Waals surface area (Å²) in [5.41, 5.74) is 1.32. The summed E-state index contributed by atoms with van der Waals surface area (Å²) in [6, 6.07) is 8.32. The van der Waals surface area contributed by atoms with Gasteiger partial charge in [-0.3, -0.25) is 4.79 Å². The summed E-state index contributed by atoms with van der Waals surface area (Å²) in [6.07, 6.45) is 2.42. The Morgan fingerprint density at radius 2 is 2.04 bits per heavy atom. The smallest absolute Gasteiger partial charge is 0.337 e. The zero-order chi connectivity index (χ0) is 18.2. The lowest BCUT2D eigenvalue weighted by Crippen LogP contribution is -2.26. The van der Waals surface area contributed by atoms with Crippen molar-refractivity contribution in [3.8, 4) is 0 Å². The largest absolute Gasteiger partial charge is 0.465 e. The minimum atomic E-state index is -0.428. The molecule has 0 unspecified atom stereocenters. The SMILES string of the molecule is COC(=O)c1cccc(Nc2nccc(C(=O)NCCC(C)C)n2)c1. The molecule has 0 aliphatic carbocycles. The van der Waals surface area contributed by atoms with Gasteiger partial charge in [0, 0.05) is 18.4 Å². The molecule has 1 aromatic heterocycles. The van der Waals surface area contributed by atoms with Crippen molar-refractivity contribution in [2.45, 2.75) is 20.3 Å². The number of anilines is 2. The van der Waals surface area contributed by atoms with Crippen LogP contribution in [0.5, 0.6) is 0 Å².